The largest absolute Gasteiger partial charge is 0.481 e. The van der Waals surface area contributed by atoms with Crippen LogP contribution in [0.3, 0.4) is 0 Å². The first-order valence-electron chi connectivity index (χ1n) is 7.75. The van der Waals surface area contributed by atoms with Gasteiger partial charge in [0.05, 0.1) is 12.0 Å². The molecule has 1 aliphatic rings. The molecule has 2 N–H and O–H groups in total. The zero-order chi connectivity index (χ0) is 15.5. The number of carbonyl (C=O) groups is 1. The Kier molecular flexibility index (Phi) is 6.39. The second-order valence-electron chi connectivity index (χ2n) is 6.92. The number of thioether (sulfide) groups is 1. The Morgan fingerprint density at radius 3 is 2.40 bits per heavy atom. The van der Waals surface area contributed by atoms with E-state index in [2.05, 4.69) is 20.8 Å². The summed E-state index contributed by atoms with van der Waals surface area (Å²) >= 11 is 1.66. The van der Waals surface area contributed by atoms with E-state index in [9.17, 15) is 15.0 Å². The van der Waals surface area contributed by atoms with E-state index >= 15 is 0 Å². The van der Waals surface area contributed by atoms with Gasteiger partial charge in [-0.25, -0.2) is 0 Å². The third-order valence-corrected chi connectivity index (χ3v) is 6.89. The summed E-state index contributed by atoms with van der Waals surface area (Å²) in [5, 5.41) is 19.3. The Labute approximate surface area is 127 Å². The van der Waals surface area contributed by atoms with Crippen molar-refractivity contribution in [1.29, 1.82) is 0 Å². The van der Waals surface area contributed by atoms with Gasteiger partial charge in [0.25, 0.3) is 0 Å². The van der Waals surface area contributed by atoms with Gasteiger partial charge in [-0.05, 0) is 37.5 Å². The molecule has 0 saturated heterocycles. The second kappa shape index (κ2) is 7.17. The number of aliphatic carboxylic acids is 1. The summed E-state index contributed by atoms with van der Waals surface area (Å²) in [6, 6.07) is 0. The monoisotopic (exact) mass is 302 g/mol. The van der Waals surface area contributed by atoms with Gasteiger partial charge in [0.2, 0.25) is 0 Å². The van der Waals surface area contributed by atoms with Gasteiger partial charge in [0, 0.05) is 10.5 Å². The Hall–Kier alpha value is -0.220. The number of hydrogen-bond donors (Lipinski definition) is 2. The highest BCUT2D eigenvalue weighted by Gasteiger charge is 2.41. The average molecular weight is 302 g/mol. The van der Waals surface area contributed by atoms with Crippen LogP contribution in [-0.4, -0.2) is 32.8 Å². The van der Waals surface area contributed by atoms with E-state index in [1.807, 2.05) is 6.92 Å². The van der Waals surface area contributed by atoms with Crippen LogP contribution < -0.4 is 0 Å². The van der Waals surface area contributed by atoms with Crippen molar-refractivity contribution in [3.63, 3.8) is 0 Å². The third kappa shape index (κ3) is 4.39. The molecule has 20 heavy (non-hydrogen) atoms. The lowest BCUT2D eigenvalue weighted by atomic mass is 9.67. The van der Waals surface area contributed by atoms with E-state index in [1.54, 1.807) is 18.7 Å². The fraction of sp³-hybridized carbons (Fsp3) is 0.938. The van der Waals surface area contributed by atoms with Crippen LogP contribution in [-0.2, 0) is 4.79 Å². The number of carboxylic acids is 1. The van der Waals surface area contributed by atoms with Gasteiger partial charge in [0.15, 0.2) is 0 Å². The molecule has 5 unspecified atom stereocenters. The number of rotatable bonds is 6. The highest BCUT2D eigenvalue weighted by atomic mass is 32.2. The Morgan fingerprint density at radius 1 is 1.35 bits per heavy atom. The molecular formula is C16H30O3S. The minimum absolute atomic E-state index is 0.0883. The summed E-state index contributed by atoms with van der Waals surface area (Å²) in [5.41, 5.74) is 0.274. The van der Waals surface area contributed by atoms with Crippen molar-refractivity contribution in [3.8, 4) is 0 Å². The molecule has 0 bridgehead atoms. The van der Waals surface area contributed by atoms with Crippen LogP contribution in [0.1, 0.15) is 60.3 Å². The molecule has 0 aromatic heterocycles. The standard InChI is InChI=1S/C16H30O3S/c1-6-16(4,5)12-7-8-13(15(18)19)14(9-12)20-11(3)10(2)17/h10-14,17H,6-9H2,1-5H3,(H,18,19). The van der Waals surface area contributed by atoms with Gasteiger partial charge in [-0.15, -0.1) is 0 Å². The minimum atomic E-state index is -0.673. The summed E-state index contributed by atoms with van der Waals surface area (Å²) in [5.74, 6) is -0.347. The van der Waals surface area contributed by atoms with Gasteiger partial charge in [-0.3, -0.25) is 4.79 Å². The van der Waals surface area contributed by atoms with Crippen LogP contribution >= 0.6 is 11.8 Å². The van der Waals surface area contributed by atoms with Crippen molar-refractivity contribution >= 4 is 17.7 Å². The lowest BCUT2D eigenvalue weighted by Gasteiger charge is -2.42. The number of aliphatic hydroxyl groups is 1. The first-order valence-corrected chi connectivity index (χ1v) is 8.69. The SMILES string of the molecule is CCC(C)(C)C1CCC(C(=O)O)C(SC(C)C(C)O)C1. The lowest BCUT2D eigenvalue weighted by Crippen LogP contribution is -2.39. The maximum absolute atomic E-state index is 11.5. The van der Waals surface area contributed by atoms with Crippen LogP contribution in [0.25, 0.3) is 0 Å². The van der Waals surface area contributed by atoms with E-state index in [1.165, 1.54) is 0 Å². The Balaban J connectivity index is 2.79. The van der Waals surface area contributed by atoms with Crippen molar-refractivity contribution in [2.24, 2.45) is 17.3 Å². The maximum Gasteiger partial charge on any atom is 0.307 e. The van der Waals surface area contributed by atoms with Crippen molar-refractivity contribution in [3.05, 3.63) is 0 Å². The molecule has 0 heterocycles. The van der Waals surface area contributed by atoms with Crippen molar-refractivity contribution in [2.75, 3.05) is 0 Å². The predicted molar refractivity (Wildman–Crippen MR) is 85.1 cm³/mol. The van der Waals surface area contributed by atoms with Gasteiger partial charge < -0.3 is 10.2 Å². The molecule has 1 saturated carbocycles. The maximum atomic E-state index is 11.5. The first kappa shape index (κ1) is 17.8. The van der Waals surface area contributed by atoms with E-state index in [-0.39, 0.29) is 21.8 Å². The van der Waals surface area contributed by atoms with E-state index in [0.717, 1.165) is 25.7 Å². The molecule has 1 rings (SSSR count). The molecule has 0 aromatic rings. The summed E-state index contributed by atoms with van der Waals surface area (Å²) < 4.78 is 0. The molecule has 4 heteroatoms. The predicted octanol–water partition coefficient (Wildman–Crippen LogP) is 3.79. The zero-order valence-electron chi connectivity index (χ0n) is 13.4. The molecule has 118 valence electrons. The van der Waals surface area contributed by atoms with E-state index < -0.39 is 12.1 Å². The summed E-state index contributed by atoms with van der Waals surface area (Å²) in [7, 11) is 0. The van der Waals surface area contributed by atoms with Crippen LogP contribution in [0.5, 0.6) is 0 Å². The third-order valence-electron chi connectivity index (χ3n) is 5.19. The van der Waals surface area contributed by atoms with Crippen molar-refractivity contribution in [1.82, 2.24) is 0 Å². The fourth-order valence-electron chi connectivity index (χ4n) is 2.95. The van der Waals surface area contributed by atoms with Crippen LogP contribution in [0, 0.1) is 17.3 Å². The summed E-state index contributed by atoms with van der Waals surface area (Å²) in [4.78, 5) is 11.5. The highest BCUT2D eigenvalue weighted by molar-refractivity contribution is 8.00. The first-order chi connectivity index (χ1) is 9.19. The van der Waals surface area contributed by atoms with E-state index in [0.29, 0.717) is 5.92 Å². The summed E-state index contributed by atoms with van der Waals surface area (Å²) in [6.45, 7) is 10.6. The van der Waals surface area contributed by atoms with Crippen molar-refractivity contribution in [2.45, 2.75) is 76.9 Å². The molecule has 3 nitrogen and oxygen atoms in total. The number of hydrogen-bond acceptors (Lipinski definition) is 3. The highest BCUT2D eigenvalue weighted by Crippen LogP contribution is 2.46. The quantitative estimate of drug-likeness (QED) is 0.783. The average Bonchev–Trinajstić information content (AvgIpc) is 2.38. The van der Waals surface area contributed by atoms with Gasteiger partial charge in [-0.2, -0.15) is 11.8 Å². The lowest BCUT2D eigenvalue weighted by molar-refractivity contribution is -0.143. The molecule has 1 fully saturated rings. The molecular weight excluding hydrogens is 272 g/mol. The van der Waals surface area contributed by atoms with Gasteiger partial charge in [0.1, 0.15) is 0 Å². The van der Waals surface area contributed by atoms with Crippen LogP contribution in [0.4, 0.5) is 0 Å². The topological polar surface area (TPSA) is 57.5 Å². The summed E-state index contributed by atoms with van der Waals surface area (Å²) in [6.07, 6.45) is 3.47. The molecule has 5 atom stereocenters. The smallest absolute Gasteiger partial charge is 0.307 e. The van der Waals surface area contributed by atoms with Crippen LogP contribution in [0.2, 0.25) is 0 Å². The number of aliphatic hydroxyl groups excluding tert-OH is 1. The number of carboxylic acid groups (broad SMARTS) is 1. The van der Waals surface area contributed by atoms with Gasteiger partial charge >= 0.3 is 5.97 Å². The molecule has 0 spiro atoms. The van der Waals surface area contributed by atoms with Gasteiger partial charge in [-0.1, -0.05) is 34.1 Å². The molecule has 0 radical (unpaired) electrons. The molecule has 0 amide bonds. The minimum Gasteiger partial charge on any atom is -0.481 e. The van der Waals surface area contributed by atoms with Crippen LogP contribution in [0.15, 0.2) is 0 Å². The zero-order valence-corrected chi connectivity index (χ0v) is 14.2. The normalized spacial score (nSPS) is 30.8. The second-order valence-corrected chi connectivity index (χ2v) is 8.54. The Bertz CT molecular complexity index is 328. The molecule has 0 aromatic carbocycles. The van der Waals surface area contributed by atoms with Crippen molar-refractivity contribution < 1.29 is 15.0 Å². The fourth-order valence-corrected chi connectivity index (χ4v) is 4.51. The Morgan fingerprint density at radius 2 is 1.95 bits per heavy atom. The molecule has 1 aliphatic carbocycles. The molecule has 0 aliphatic heterocycles. The van der Waals surface area contributed by atoms with E-state index in [4.69, 9.17) is 0 Å².